The second-order valence-corrected chi connectivity index (χ2v) is 11.7. The molecule has 5 rings (SSSR count). The van der Waals surface area contributed by atoms with Gasteiger partial charge in [-0.3, -0.25) is 9.48 Å². The topological polar surface area (TPSA) is 151 Å². The number of hydrogen-bond donors (Lipinski definition) is 3. The SMILES string of the molecule is CCOC1CCC(n2cc(NC(=O)c3csc(C4=CN=[N+](COP(=O)(O)O)C4)n3)c(-c3cc(F)ccc3F)n2)CC1. The van der Waals surface area contributed by atoms with Gasteiger partial charge in [0.25, 0.3) is 12.6 Å². The molecule has 1 fully saturated rings. The van der Waals surface area contributed by atoms with Crippen LogP contribution in [0.1, 0.15) is 54.1 Å². The van der Waals surface area contributed by atoms with Gasteiger partial charge in [0.1, 0.15) is 34.2 Å². The lowest BCUT2D eigenvalue weighted by Gasteiger charge is -2.28. The zero-order chi connectivity index (χ0) is 29.1. The van der Waals surface area contributed by atoms with E-state index in [1.165, 1.54) is 22.2 Å². The standard InChI is InChI=1S/C25H27F2N6O6PS/c1-2-38-18-6-4-17(5-7-18)33-12-21(23(31-33)19-9-16(26)3-8-20(19)27)29-24(34)22-13-41-25(30-22)15-10-28-32(11-15)14-39-40(35,36)37/h3,8-10,12-13,17-18H,2,4-7,11,14H2,1H3,(H2-,29,34,35,36,37)/p+1. The van der Waals surface area contributed by atoms with E-state index in [2.05, 4.69) is 25.0 Å². The Labute approximate surface area is 237 Å². The van der Waals surface area contributed by atoms with E-state index >= 15 is 0 Å². The number of carbonyl (C=O) groups excluding carboxylic acids is 1. The quantitative estimate of drug-likeness (QED) is 0.216. The van der Waals surface area contributed by atoms with E-state index in [0.717, 1.165) is 43.9 Å². The number of nitrogens with zero attached hydrogens (tertiary/aromatic N) is 5. The molecule has 1 aliphatic heterocycles. The van der Waals surface area contributed by atoms with E-state index in [4.69, 9.17) is 14.5 Å². The Balaban J connectivity index is 1.33. The number of amides is 1. The van der Waals surface area contributed by atoms with E-state index in [9.17, 15) is 18.1 Å². The Kier molecular flexibility index (Phi) is 8.82. The molecule has 1 amide bonds. The van der Waals surface area contributed by atoms with Crippen molar-refractivity contribution in [2.24, 2.45) is 5.11 Å². The summed E-state index contributed by atoms with van der Waals surface area (Å²) in [5.74, 6) is -1.88. The molecule has 218 valence electrons. The average molecular weight is 610 g/mol. The molecule has 0 radical (unpaired) electrons. The van der Waals surface area contributed by atoms with Gasteiger partial charge in [-0.1, -0.05) is 4.70 Å². The van der Waals surface area contributed by atoms with Gasteiger partial charge in [-0.05, 0) is 55.9 Å². The van der Waals surface area contributed by atoms with Crippen molar-refractivity contribution in [1.82, 2.24) is 14.8 Å². The molecule has 0 spiro atoms. The fourth-order valence-corrected chi connectivity index (χ4v) is 5.83. The molecule has 16 heteroatoms. The fraction of sp³-hybridized carbons (Fsp3) is 0.400. The van der Waals surface area contributed by atoms with Crippen LogP contribution < -0.4 is 5.32 Å². The van der Waals surface area contributed by atoms with Gasteiger partial charge in [-0.2, -0.15) is 5.10 Å². The van der Waals surface area contributed by atoms with Crippen LogP contribution in [0.4, 0.5) is 14.5 Å². The number of anilines is 1. The van der Waals surface area contributed by atoms with Crippen LogP contribution in [-0.2, 0) is 13.8 Å². The molecule has 2 aromatic heterocycles. The first-order chi connectivity index (χ1) is 19.6. The van der Waals surface area contributed by atoms with Crippen LogP contribution >= 0.6 is 19.2 Å². The third-order valence-corrected chi connectivity index (χ3v) is 8.07. The number of rotatable bonds is 10. The van der Waals surface area contributed by atoms with Gasteiger partial charge >= 0.3 is 7.82 Å². The lowest BCUT2D eigenvalue weighted by atomic mass is 9.93. The van der Waals surface area contributed by atoms with E-state index in [1.807, 2.05) is 6.92 Å². The number of hydrogen-bond acceptors (Lipinski definition) is 8. The zero-order valence-corrected chi connectivity index (χ0v) is 23.7. The van der Waals surface area contributed by atoms with Crippen molar-refractivity contribution in [1.29, 1.82) is 0 Å². The Morgan fingerprint density at radius 1 is 1.27 bits per heavy atom. The first kappa shape index (κ1) is 29.3. The molecule has 1 saturated carbocycles. The highest BCUT2D eigenvalue weighted by Gasteiger charge is 2.28. The van der Waals surface area contributed by atoms with Crippen molar-refractivity contribution in [2.45, 2.75) is 44.8 Å². The summed E-state index contributed by atoms with van der Waals surface area (Å²) in [6.45, 7) is 2.36. The molecular weight excluding hydrogens is 581 g/mol. The molecular formula is C25H28F2N6O6PS+. The number of phosphoric ester groups is 1. The van der Waals surface area contributed by atoms with E-state index in [1.54, 1.807) is 16.3 Å². The van der Waals surface area contributed by atoms with Gasteiger partial charge in [-0.25, -0.2) is 22.9 Å². The maximum Gasteiger partial charge on any atom is 0.474 e. The van der Waals surface area contributed by atoms with Gasteiger partial charge in [-0.15, -0.1) is 11.3 Å². The van der Waals surface area contributed by atoms with Gasteiger partial charge in [0.2, 0.25) is 6.54 Å². The molecule has 1 aliphatic carbocycles. The first-order valence-electron chi connectivity index (χ1n) is 12.9. The van der Waals surface area contributed by atoms with Crippen LogP contribution in [0.3, 0.4) is 0 Å². The number of benzene rings is 1. The minimum atomic E-state index is -4.65. The maximum absolute atomic E-state index is 14.8. The number of phosphoric acid groups is 1. The lowest BCUT2D eigenvalue weighted by molar-refractivity contribution is -0.603. The molecule has 0 unspecified atom stereocenters. The van der Waals surface area contributed by atoms with Gasteiger partial charge < -0.3 is 19.8 Å². The first-order valence-corrected chi connectivity index (χ1v) is 15.3. The second-order valence-electron chi connectivity index (χ2n) is 9.56. The van der Waals surface area contributed by atoms with E-state index in [-0.39, 0.29) is 41.3 Å². The highest BCUT2D eigenvalue weighted by Crippen LogP contribution is 2.37. The molecule has 41 heavy (non-hydrogen) atoms. The minimum absolute atomic E-state index is 0.00848. The van der Waals surface area contributed by atoms with Crippen LogP contribution in [0.15, 0.2) is 41.1 Å². The molecule has 3 N–H and O–H groups in total. The average Bonchev–Trinajstić information content (AvgIpc) is 3.69. The fourth-order valence-electron chi connectivity index (χ4n) is 4.75. The number of halogens is 2. The summed E-state index contributed by atoms with van der Waals surface area (Å²) < 4.78 is 53.0. The van der Waals surface area contributed by atoms with Crippen LogP contribution in [0.2, 0.25) is 0 Å². The van der Waals surface area contributed by atoms with Gasteiger partial charge in [0.05, 0.1) is 23.4 Å². The molecule has 12 nitrogen and oxygen atoms in total. The van der Waals surface area contributed by atoms with Gasteiger partial charge in [0.15, 0.2) is 0 Å². The van der Waals surface area contributed by atoms with Crippen molar-refractivity contribution < 1.29 is 41.9 Å². The summed E-state index contributed by atoms with van der Waals surface area (Å²) in [6.07, 6.45) is 6.55. The van der Waals surface area contributed by atoms with Crippen LogP contribution in [0.25, 0.3) is 16.8 Å². The number of aromatic nitrogens is 3. The predicted octanol–water partition coefficient (Wildman–Crippen LogP) is 4.94. The van der Waals surface area contributed by atoms with E-state index < -0.39 is 32.1 Å². The predicted molar refractivity (Wildman–Crippen MR) is 144 cm³/mol. The number of nitrogens with one attached hydrogen (secondary N) is 1. The summed E-state index contributed by atoms with van der Waals surface area (Å²) in [5, 5.41) is 13.4. The third kappa shape index (κ3) is 7.18. The van der Waals surface area contributed by atoms with Crippen molar-refractivity contribution in [3.8, 4) is 11.3 Å². The van der Waals surface area contributed by atoms with E-state index in [0.29, 0.717) is 17.2 Å². The maximum atomic E-state index is 14.8. The summed E-state index contributed by atoms with van der Waals surface area (Å²) in [6, 6.07) is 3.09. The number of carbonyl (C=O) groups is 1. The monoisotopic (exact) mass is 609 g/mol. The molecule has 1 aromatic carbocycles. The number of thiazole rings is 1. The summed E-state index contributed by atoms with van der Waals surface area (Å²) >= 11 is 1.18. The highest BCUT2D eigenvalue weighted by molar-refractivity contribution is 7.46. The van der Waals surface area contributed by atoms with Crippen LogP contribution in [-0.4, -0.2) is 61.1 Å². The zero-order valence-electron chi connectivity index (χ0n) is 21.9. The largest absolute Gasteiger partial charge is 0.474 e. The Hall–Kier alpha value is -3.20. The van der Waals surface area contributed by atoms with Crippen molar-refractivity contribution in [3.63, 3.8) is 0 Å². The second kappa shape index (κ2) is 12.3. The Morgan fingerprint density at radius 3 is 2.78 bits per heavy atom. The summed E-state index contributed by atoms with van der Waals surface area (Å²) in [7, 11) is -4.65. The summed E-state index contributed by atoms with van der Waals surface area (Å²) in [5.41, 5.74) is 0.969. The molecule has 2 aliphatic rings. The molecule has 0 atom stereocenters. The smallest absolute Gasteiger partial charge is 0.379 e. The van der Waals surface area contributed by atoms with Crippen LogP contribution in [0, 0.1) is 11.6 Å². The van der Waals surface area contributed by atoms with Crippen molar-refractivity contribution >= 4 is 36.3 Å². The van der Waals surface area contributed by atoms with Crippen molar-refractivity contribution in [3.05, 3.63) is 58.3 Å². The Morgan fingerprint density at radius 2 is 2.05 bits per heavy atom. The number of azo groups is 2. The highest BCUT2D eigenvalue weighted by atomic mass is 32.1. The molecule has 0 bridgehead atoms. The number of ether oxygens (including phenoxy) is 1. The third-order valence-electron chi connectivity index (χ3n) is 6.70. The lowest BCUT2D eigenvalue weighted by Crippen LogP contribution is -2.24. The summed E-state index contributed by atoms with van der Waals surface area (Å²) in [4.78, 5) is 35.3. The molecule has 3 aromatic rings. The molecule has 3 heterocycles. The van der Waals surface area contributed by atoms with Crippen molar-refractivity contribution in [2.75, 3.05) is 25.2 Å². The Bertz CT molecular complexity index is 1540. The normalized spacial score (nSPS) is 19.2. The van der Waals surface area contributed by atoms with Crippen LogP contribution in [0.5, 0.6) is 0 Å². The molecule has 0 saturated heterocycles. The van der Waals surface area contributed by atoms with Gasteiger partial charge in [0, 0.05) is 23.7 Å². The minimum Gasteiger partial charge on any atom is -0.379 e.